The number of phosphoric ester groups is 2. The van der Waals surface area contributed by atoms with Gasteiger partial charge in [0.25, 0.3) is 0 Å². The summed E-state index contributed by atoms with van der Waals surface area (Å²) >= 11 is 0. The Labute approximate surface area is 324 Å². The third-order valence-corrected chi connectivity index (χ3v) is 10.4. The van der Waals surface area contributed by atoms with Gasteiger partial charge in [0.05, 0.1) is 107 Å². The van der Waals surface area contributed by atoms with Crippen LogP contribution in [0.15, 0.2) is 6.33 Å². The average molecular weight is 817 g/mol. The highest BCUT2D eigenvalue weighted by atomic mass is 31.2. The first-order chi connectivity index (χ1) is 25.4. The van der Waals surface area contributed by atoms with E-state index >= 15 is 0 Å². The Kier molecular flexibility index (Phi) is 30.7. The van der Waals surface area contributed by atoms with E-state index in [1.54, 1.807) is 19.6 Å². The van der Waals surface area contributed by atoms with Gasteiger partial charge in [-0.3, -0.25) is 0 Å². The zero-order valence-electron chi connectivity index (χ0n) is 35.1. The van der Waals surface area contributed by atoms with Gasteiger partial charge in [0.2, 0.25) is 0 Å². The van der Waals surface area contributed by atoms with Crippen molar-refractivity contribution >= 4 is 32.6 Å². The number of aromatic nitrogens is 5. The summed E-state index contributed by atoms with van der Waals surface area (Å²) in [6.45, 7) is 41.1. The third kappa shape index (κ3) is 23.4. The van der Waals surface area contributed by atoms with Gasteiger partial charge in [0, 0.05) is 6.42 Å². The highest BCUT2D eigenvalue weighted by Crippen LogP contribution is 2.40. The fourth-order valence-corrected chi connectivity index (χ4v) is 6.30. The molecule has 0 bridgehead atoms. The molecule has 2 aromatic rings. The Bertz CT molecular complexity index is 1220. The summed E-state index contributed by atoms with van der Waals surface area (Å²) in [5.41, 5.74) is 5.92. The zero-order chi connectivity index (χ0) is 41.9. The first-order valence-corrected chi connectivity index (χ1v) is 22.5. The molecule has 0 saturated carbocycles. The van der Waals surface area contributed by atoms with E-state index in [1.165, 1.54) is 78.5 Å². The summed E-state index contributed by atoms with van der Waals surface area (Å²) < 4.78 is 36.5. The quantitative estimate of drug-likeness (QED) is 0.0897. The van der Waals surface area contributed by atoms with Crippen LogP contribution in [-0.2, 0) is 22.9 Å². The number of ether oxygens (including phenoxy) is 1. The predicted octanol–water partition coefficient (Wildman–Crippen LogP) is -4.13. The minimum Gasteiger partial charge on any atom is -0.790 e. The van der Waals surface area contributed by atoms with Crippen molar-refractivity contribution < 1.29 is 62.1 Å². The summed E-state index contributed by atoms with van der Waals surface area (Å²) in [6, 6.07) is 0. The molecule has 54 heavy (non-hydrogen) atoms. The van der Waals surface area contributed by atoms with E-state index in [-0.39, 0.29) is 23.4 Å². The van der Waals surface area contributed by atoms with Crippen molar-refractivity contribution in [2.24, 2.45) is 0 Å². The average Bonchev–Trinajstić information content (AvgIpc) is 3.75. The fraction of sp³-hybridized carbons (Fsp3) is 0.879. The van der Waals surface area contributed by atoms with Crippen molar-refractivity contribution in [1.82, 2.24) is 25.0 Å². The van der Waals surface area contributed by atoms with Gasteiger partial charge >= 0.3 is 0 Å². The van der Waals surface area contributed by atoms with Crippen LogP contribution in [0.5, 0.6) is 0 Å². The van der Waals surface area contributed by atoms with Crippen molar-refractivity contribution in [1.29, 1.82) is 0 Å². The van der Waals surface area contributed by atoms with E-state index in [2.05, 4.69) is 112 Å². The molecular weight excluding hydrogens is 742 g/mol. The lowest BCUT2D eigenvalue weighted by atomic mass is 10.2. The van der Waals surface area contributed by atoms with E-state index in [1.807, 2.05) is 0 Å². The topological polar surface area (TPSA) is 254 Å². The van der Waals surface area contributed by atoms with Crippen molar-refractivity contribution in [3.63, 3.8) is 0 Å². The minimum absolute atomic E-state index is 0.0363. The zero-order valence-corrected chi connectivity index (χ0v) is 36.9. The lowest BCUT2D eigenvalue weighted by Gasteiger charge is -2.35. The third-order valence-electron chi connectivity index (χ3n) is 9.40. The molecule has 1 saturated heterocycles. The highest BCUT2D eigenvalue weighted by Gasteiger charge is 2.39. The molecule has 0 aromatic carbocycles. The van der Waals surface area contributed by atoms with Gasteiger partial charge in [-0.25, -0.2) is 9.97 Å². The molecule has 21 heteroatoms. The van der Waals surface area contributed by atoms with E-state index in [9.17, 15) is 28.7 Å². The van der Waals surface area contributed by atoms with Crippen LogP contribution in [0.25, 0.3) is 11.2 Å². The first kappa shape index (κ1) is 54.4. The molecule has 2 aromatic heterocycles. The molecular formula is C33H74N10O9P2. The van der Waals surface area contributed by atoms with Crippen molar-refractivity contribution in [3.8, 4) is 0 Å². The number of hydrogen-bond acceptors (Lipinski definition) is 14. The van der Waals surface area contributed by atoms with Gasteiger partial charge in [0.1, 0.15) is 12.4 Å². The molecule has 0 unspecified atom stereocenters. The molecule has 0 aliphatic carbocycles. The fourth-order valence-electron chi connectivity index (χ4n) is 5.42. The molecule has 6 N–H and O–H groups in total. The molecule has 19 nitrogen and oxygen atoms in total. The monoisotopic (exact) mass is 817 g/mol. The Morgan fingerprint density at radius 1 is 0.704 bits per heavy atom. The second kappa shape index (κ2) is 30.4. The maximum atomic E-state index is 10.9. The lowest BCUT2D eigenvalue weighted by molar-refractivity contribution is -0.894. The molecule has 320 valence electrons. The van der Waals surface area contributed by atoms with E-state index in [4.69, 9.17) is 10.5 Å². The van der Waals surface area contributed by atoms with Gasteiger partial charge in [0.15, 0.2) is 23.2 Å². The Morgan fingerprint density at radius 2 is 1.09 bits per heavy atom. The summed E-state index contributed by atoms with van der Waals surface area (Å²) in [5.74, 6) is 0.0363. The van der Waals surface area contributed by atoms with Crippen molar-refractivity contribution in [3.05, 3.63) is 6.33 Å². The lowest BCUT2D eigenvalue weighted by Crippen LogP contribution is -3.11. The van der Waals surface area contributed by atoms with Crippen LogP contribution >= 0.6 is 15.6 Å². The Hall–Kier alpha value is -1.70. The number of nitrogens with one attached hydrogen (secondary N) is 4. The van der Waals surface area contributed by atoms with Gasteiger partial charge in [-0.1, -0.05) is 5.21 Å². The Morgan fingerprint density at radius 3 is 1.41 bits per heavy atom. The maximum Gasteiger partial charge on any atom is 0.186 e. The molecule has 3 heterocycles. The SMILES string of the molecule is CC[NH+](CC)CC.CC[NH+](CC)CC.CC[NH+](CC)CC.CC[NH+](CC)CC.Nc1ncnc2c1nnn2[C@H]1C[C@@H](OP(=O)([O-])[O-])[C@@H](COP(=O)([O-])[O-])O1. The summed E-state index contributed by atoms with van der Waals surface area (Å²) in [5, 5.41) is 7.53. The first-order valence-electron chi connectivity index (χ1n) is 19.6. The molecule has 1 fully saturated rings. The van der Waals surface area contributed by atoms with E-state index in [0.717, 1.165) is 11.0 Å². The molecule has 0 spiro atoms. The highest BCUT2D eigenvalue weighted by molar-refractivity contribution is 7.43. The van der Waals surface area contributed by atoms with E-state index in [0.29, 0.717) is 0 Å². The molecule has 0 radical (unpaired) electrons. The van der Waals surface area contributed by atoms with Crippen LogP contribution < -0.4 is 44.9 Å². The Balaban J connectivity index is 0. The normalized spacial score (nSPS) is 17.1. The number of phosphoric acid groups is 2. The van der Waals surface area contributed by atoms with Gasteiger partial charge in [-0.05, 0) is 83.1 Å². The minimum atomic E-state index is -5.43. The second-order valence-electron chi connectivity index (χ2n) is 12.4. The van der Waals surface area contributed by atoms with Crippen LogP contribution in [0.3, 0.4) is 0 Å². The molecule has 3 rings (SSSR count). The van der Waals surface area contributed by atoms with Crippen LogP contribution in [0, 0.1) is 0 Å². The summed E-state index contributed by atoms with van der Waals surface area (Å²) in [4.78, 5) is 57.4. The second-order valence-corrected chi connectivity index (χ2v) is 14.7. The van der Waals surface area contributed by atoms with Crippen LogP contribution in [0.4, 0.5) is 5.82 Å². The smallest absolute Gasteiger partial charge is 0.186 e. The number of nitrogens with two attached hydrogens (primary N) is 1. The molecule has 0 amide bonds. The summed E-state index contributed by atoms with van der Waals surface area (Å²) in [7, 11) is -10.8. The molecule has 1 aliphatic rings. The molecule has 1 aliphatic heterocycles. The van der Waals surface area contributed by atoms with Crippen molar-refractivity contribution in [2.45, 2.75) is 108 Å². The van der Waals surface area contributed by atoms with Crippen LogP contribution in [0.2, 0.25) is 0 Å². The standard InChI is InChI=1S/C9H14N6O9P2.4C6H15N/c10-8-7-9(12-3-11-8)15(14-13-7)6-1-4(24-26(19,20)21)5(23-6)2-22-25(16,17)18;4*1-4-7(5-2)6-3/h3-6H,1-2H2,(H2,10,11,12)(H2,16,17,18)(H2,19,20,21);4*4-6H2,1-3H3/t4-,5-,6-;;;;/m1..../s1. The number of anilines is 1. The van der Waals surface area contributed by atoms with Crippen LogP contribution in [-0.4, -0.2) is 122 Å². The van der Waals surface area contributed by atoms with Gasteiger partial charge in [-0.15, -0.1) is 5.10 Å². The van der Waals surface area contributed by atoms with Gasteiger partial charge in [-0.2, -0.15) is 4.68 Å². The number of nitrogens with zero attached hydrogens (tertiary/aromatic N) is 5. The largest absolute Gasteiger partial charge is 0.790 e. The maximum absolute atomic E-state index is 10.9. The number of hydrogen-bond donors (Lipinski definition) is 5. The number of rotatable bonds is 18. The van der Waals surface area contributed by atoms with Crippen LogP contribution in [0.1, 0.15) is 95.7 Å². The van der Waals surface area contributed by atoms with Crippen molar-refractivity contribution in [2.75, 3.05) is 90.9 Å². The summed E-state index contributed by atoms with van der Waals surface area (Å²) in [6.07, 6.45) is -2.92. The predicted molar refractivity (Wildman–Crippen MR) is 202 cm³/mol. The number of quaternary nitrogens is 4. The van der Waals surface area contributed by atoms with E-state index < -0.39 is 40.7 Å². The number of fused-ring (bicyclic) bond motifs is 1. The molecule has 3 atom stereocenters. The number of nitrogen functional groups attached to an aromatic ring is 1. The van der Waals surface area contributed by atoms with Gasteiger partial charge < -0.3 is 67.8 Å².